The van der Waals surface area contributed by atoms with Gasteiger partial charge in [0.15, 0.2) is 6.10 Å². The zero-order chi connectivity index (χ0) is 22.4. The normalized spacial score (nSPS) is 12.4. The number of nitrogens with one attached hydrogen (secondary N) is 1. The van der Waals surface area contributed by atoms with E-state index in [0.29, 0.717) is 11.6 Å². The molecule has 30 heavy (non-hydrogen) atoms. The van der Waals surface area contributed by atoms with Gasteiger partial charge in [-0.2, -0.15) is 5.26 Å². The Kier molecular flexibility index (Phi) is 7.54. The van der Waals surface area contributed by atoms with Crippen LogP contribution in [0.2, 0.25) is 0 Å². The Balaban J connectivity index is 2.11. The number of nitrogens with zero attached hydrogens (tertiary/aromatic N) is 2. The highest BCUT2D eigenvalue weighted by Crippen LogP contribution is 2.20. The SMILES string of the molecule is Cc1cc(/C=C(\C#N)C(=O)O[C@@H](C)C(=O)Nc2ccc(F)cc2)c(C)n1CC(C)C. The van der Waals surface area contributed by atoms with Gasteiger partial charge in [-0.05, 0) is 68.7 Å². The Morgan fingerprint density at radius 3 is 2.43 bits per heavy atom. The molecule has 0 bridgehead atoms. The van der Waals surface area contributed by atoms with Gasteiger partial charge in [0.05, 0.1) is 0 Å². The van der Waals surface area contributed by atoms with Crippen LogP contribution in [0.4, 0.5) is 10.1 Å². The second-order valence-corrected chi connectivity index (χ2v) is 7.54. The number of ether oxygens (including phenoxy) is 1. The van der Waals surface area contributed by atoms with E-state index in [1.54, 1.807) is 0 Å². The molecule has 1 atom stereocenters. The molecule has 158 valence electrons. The molecule has 6 nitrogen and oxygen atoms in total. The summed E-state index contributed by atoms with van der Waals surface area (Å²) in [7, 11) is 0. The standard InChI is InChI=1S/C23H26FN3O3/c1-14(2)13-27-15(3)10-18(16(27)4)11-19(12-25)23(29)30-17(5)22(28)26-21-8-6-20(24)7-9-21/h6-11,14,17H,13H2,1-5H3,(H,26,28)/b19-11+/t17-/m0/s1. The molecule has 1 aromatic carbocycles. The van der Waals surface area contributed by atoms with E-state index in [0.717, 1.165) is 23.5 Å². The van der Waals surface area contributed by atoms with Crippen molar-refractivity contribution >= 4 is 23.6 Å². The smallest absolute Gasteiger partial charge is 0.349 e. The third-order valence-electron chi connectivity index (χ3n) is 4.57. The van der Waals surface area contributed by atoms with E-state index in [1.807, 2.05) is 26.0 Å². The Hall–Kier alpha value is -3.40. The fourth-order valence-corrected chi connectivity index (χ4v) is 2.97. The molecule has 2 aromatic rings. The lowest BCUT2D eigenvalue weighted by molar-refractivity contribution is -0.148. The molecule has 1 aromatic heterocycles. The molecule has 1 N–H and O–H groups in total. The van der Waals surface area contributed by atoms with Gasteiger partial charge in [0.2, 0.25) is 0 Å². The highest BCUT2D eigenvalue weighted by Gasteiger charge is 2.21. The average molecular weight is 411 g/mol. The Labute approximate surface area is 176 Å². The van der Waals surface area contributed by atoms with Crippen molar-refractivity contribution < 1.29 is 18.7 Å². The maximum absolute atomic E-state index is 13.0. The van der Waals surface area contributed by atoms with Crippen molar-refractivity contribution in [2.45, 2.75) is 47.3 Å². The predicted octanol–water partition coefficient (Wildman–Crippen LogP) is 4.38. The third kappa shape index (κ3) is 5.80. The van der Waals surface area contributed by atoms with Crippen LogP contribution in [0.5, 0.6) is 0 Å². The molecular formula is C23H26FN3O3. The molecule has 0 aliphatic heterocycles. The molecule has 1 amide bonds. The van der Waals surface area contributed by atoms with Crippen molar-refractivity contribution in [1.29, 1.82) is 5.26 Å². The molecule has 0 radical (unpaired) electrons. The molecule has 0 spiro atoms. The van der Waals surface area contributed by atoms with E-state index in [4.69, 9.17) is 4.74 Å². The molecular weight excluding hydrogens is 385 g/mol. The van der Waals surface area contributed by atoms with Gasteiger partial charge in [-0.15, -0.1) is 0 Å². The van der Waals surface area contributed by atoms with Gasteiger partial charge < -0.3 is 14.6 Å². The summed E-state index contributed by atoms with van der Waals surface area (Å²) >= 11 is 0. The van der Waals surface area contributed by atoms with Crippen molar-refractivity contribution in [3.8, 4) is 6.07 Å². The fourth-order valence-electron chi connectivity index (χ4n) is 2.97. The Morgan fingerprint density at radius 2 is 1.87 bits per heavy atom. The van der Waals surface area contributed by atoms with E-state index in [2.05, 4.69) is 23.7 Å². The number of anilines is 1. The molecule has 1 heterocycles. The van der Waals surface area contributed by atoms with Crippen molar-refractivity contribution in [2.24, 2.45) is 5.92 Å². The fraction of sp³-hybridized carbons (Fsp3) is 0.348. The lowest BCUT2D eigenvalue weighted by Crippen LogP contribution is -2.30. The van der Waals surface area contributed by atoms with Gasteiger partial charge in [0.25, 0.3) is 5.91 Å². The van der Waals surface area contributed by atoms with Gasteiger partial charge in [-0.3, -0.25) is 4.79 Å². The third-order valence-corrected chi connectivity index (χ3v) is 4.57. The number of halogens is 1. The number of nitriles is 1. The number of hydrogen-bond acceptors (Lipinski definition) is 4. The number of carbonyl (C=O) groups excluding carboxylic acids is 2. The first-order chi connectivity index (χ1) is 14.1. The number of aromatic nitrogens is 1. The lowest BCUT2D eigenvalue weighted by atomic mass is 10.1. The maximum Gasteiger partial charge on any atom is 0.349 e. The maximum atomic E-state index is 13.0. The van der Waals surface area contributed by atoms with E-state index < -0.39 is 23.8 Å². The van der Waals surface area contributed by atoms with Gasteiger partial charge in [0, 0.05) is 23.6 Å². The first kappa shape index (κ1) is 22.9. The largest absolute Gasteiger partial charge is 0.448 e. The minimum atomic E-state index is -1.13. The summed E-state index contributed by atoms with van der Waals surface area (Å²) in [6.45, 7) is 10.4. The predicted molar refractivity (Wildman–Crippen MR) is 113 cm³/mol. The number of hydrogen-bond donors (Lipinski definition) is 1. The van der Waals surface area contributed by atoms with Crippen LogP contribution < -0.4 is 5.32 Å². The van der Waals surface area contributed by atoms with Crippen LogP contribution in [0.15, 0.2) is 35.9 Å². The summed E-state index contributed by atoms with van der Waals surface area (Å²) in [6, 6.07) is 8.97. The van der Waals surface area contributed by atoms with Crippen LogP contribution in [-0.2, 0) is 20.9 Å². The molecule has 0 aliphatic carbocycles. The van der Waals surface area contributed by atoms with Crippen molar-refractivity contribution in [1.82, 2.24) is 4.57 Å². The first-order valence-corrected chi connectivity index (χ1v) is 9.68. The van der Waals surface area contributed by atoms with Crippen molar-refractivity contribution in [3.63, 3.8) is 0 Å². The first-order valence-electron chi connectivity index (χ1n) is 9.68. The molecule has 2 rings (SSSR count). The van der Waals surface area contributed by atoms with Crippen LogP contribution in [0.25, 0.3) is 6.08 Å². The van der Waals surface area contributed by atoms with Crippen LogP contribution in [0, 0.1) is 36.9 Å². The highest BCUT2D eigenvalue weighted by molar-refractivity contribution is 6.01. The zero-order valence-electron chi connectivity index (χ0n) is 17.8. The Bertz CT molecular complexity index is 998. The van der Waals surface area contributed by atoms with Gasteiger partial charge in [-0.25, -0.2) is 9.18 Å². The molecule has 0 fully saturated rings. The van der Waals surface area contributed by atoms with E-state index in [-0.39, 0.29) is 5.57 Å². The number of aryl methyl sites for hydroxylation is 1. The topological polar surface area (TPSA) is 84.1 Å². The van der Waals surface area contributed by atoms with Crippen LogP contribution in [0.3, 0.4) is 0 Å². The van der Waals surface area contributed by atoms with Gasteiger partial charge in [-0.1, -0.05) is 13.8 Å². The number of amides is 1. The summed E-state index contributed by atoms with van der Waals surface area (Å²) in [5.41, 5.74) is 2.92. The lowest BCUT2D eigenvalue weighted by Gasteiger charge is -2.13. The summed E-state index contributed by atoms with van der Waals surface area (Å²) in [5, 5.41) is 12.0. The zero-order valence-corrected chi connectivity index (χ0v) is 17.8. The van der Waals surface area contributed by atoms with Crippen LogP contribution >= 0.6 is 0 Å². The van der Waals surface area contributed by atoms with E-state index in [1.165, 1.54) is 37.3 Å². The van der Waals surface area contributed by atoms with Crippen LogP contribution in [-0.4, -0.2) is 22.5 Å². The van der Waals surface area contributed by atoms with E-state index >= 15 is 0 Å². The van der Waals surface area contributed by atoms with Gasteiger partial charge in [0.1, 0.15) is 17.5 Å². The molecule has 0 saturated carbocycles. The van der Waals surface area contributed by atoms with Crippen LogP contribution in [0.1, 0.15) is 37.7 Å². The quantitative estimate of drug-likeness (QED) is 0.416. The monoisotopic (exact) mass is 411 g/mol. The molecule has 0 saturated heterocycles. The average Bonchev–Trinajstić information content (AvgIpc) is 2.94. The summed E-state index contributed by atoms with van der Waals surface area (Å²) in [6.07, 6.45) is 0.346. The van der Waals surface area contributed by atoms with Crippen molar-refractivity contribution in [3.05, 3.63) is 58.7 Å². The molecule has 0 aliphatic rings. The number of rotatable bonds is 7. The molecule has 0 unspecified atom stereocenters. The van der Waals surface area contributed by atoms with Crippen molar-refractivity contribution in [2.75, 3.05) is 5.32 Å². The van der Waals surface area contributed by atoms with Gasteiger partial charge >= 0.3 is 5.97 Å². The second-order valence-electron chi connectivity index (χ2n) is 7.54. The van der Waals surface area contributed by atoms with E-state index in [9.17, 15) is 19.2 Å². The minimum absolute atomic E-state index is 0.193. The Morgan fingerprint density at radius 1 is 1.23 bits per heavy atom. The summed E-state index contributed by atoms with van der Waals surface area (Å²) in [5.74, 6) is -1.44. The molecule has 7 heteroatoms. The summed E-state index contributed by atoms with van der Waals surface area (Å²) in [4.78, 5) is 24.6. The highest BCUT2D eigenvalue weighted by atomic mass is 19.1. The summed E-state index contributed by atoms with van der Waals surface area (Å²) < 4.78 is 20.2. The minimum Gasteiger partial charge on any atom is -0.448 e. The number of carbonyl (C=O) groups is 2. The number of benzene rings is 1. The number of esters is 1. The second kappa shape index (κ2) is 9.88.